The highest BCUT2D eigenvalue weighted by Crippen LogP contribution is 2.30. The minimum Gasteiger partial charge on any atom is -0.463 e. The van der Waals surface area contributed by atoms with Gasteiger partial charge in [0.15, 0.2) is 6.61 Å². The van der Waals surface area contributed by atoms with Crippen LogP contribution in [-0.4, -0.2) is 34.9 Å². The van der Waals surface area contributed by atoms with Gasteiger partial charge in [0.2, 0.25) is 0 Å². The van der Waals surface area contributed by atoms with Gasteiger partial charge in [-0.05, 0) is 43.7 Å². The average molecular weight is 479 g/mol. The fourth-order valence-corrected chi connectivity index (χ4v) is 2.72. The summed E-state index contributed by atoms with van der Waals surface area (Å²) < 4.78 is 48.9. The number of rotatable bonds is 6. The Labute approximate surface area is 184 Å². The molecule has 7 nitrogen and oxygen atoms in total. The average Bonchev–Trinajstić information content (AvgIpc) is 2.69. The van der Waals surface area contributed by atoms with Gasteiger partial charge < -0.3 is 9.47 Å². The Morgan fingerprint density at radius 1 is 1.26 bits per heavy atom. The highest BCUT2D eigenvalue weighted by molar-refractivity contribution is 6.43. The fraction of sp³-hybridized carbons (Fsp3) is 0.263. The van der Waals surface area contributed by atoms with Gasteiger partial charge in [-0.15, -0.1) is 0 Å². The van der Waals surface area contributed by atoms with Crippen molar-refractivity contribution in [1.82, 2.24) is 9.78 Å². The first kappa shape index (κ1) is 24.4. The Hall–Kier alpha value is -2.85. The standard InChI is InChI=1S/C19H15Cl2F3N2O5/c1-3-30-16(27)9-31-18(29)15(21)7-11-6-12(4-5-14(11)20)26-17(28)10(2)13(8-25-26)19(22,23)24/h4-8H,3,9H2,1-2H3/b15-7-. The molecule has 0 bridgehead atoms. The second kappa shape index (κ2) is 9.97. The van der Waals surface area contributed by atoms with Crippen LogP contribution in [0, 0.1) is 6.92 Å². The molecule has 1 aromatic carbocycles. The van der Waals surface area contributed by atoms with Crippen molar-refractivity contribution < 1.29 is 32.2 Å². The van der Waals surface area contributed by atoms with Gasteiger partial charge >= 0.3 is 18.1 Å². The number of benzene rings is 1. The molecule has 0 aliphatic rings. The van der Waals surface area contributed by atoms with E-state index in [0.717, 1.165) is 17.7 Å². The minimum atomic E-state index is -4.72. The second-order valence-corrected chi connectivity index (χ2v) is 6.79. The number of carbonyl (C=O) groups excluding carboxylic acids is 2. The van der Waals surface area contributed by atoms with Crippen molar-refractivity contribution in [3.63, 3.8) is 0 Å². The number of nitrogens with zero attached hydrogens (tertiary/aromatic N) is 2. The zero-order valence-electron chi connectivity index (χ0n) is 16.1. The molecule has 0 fully saturated rings. The summed E-state index contributed by atoms with van der Waals surface area (Å²) in [5, 5.41) is 3.26. The molecule has 0 atom stereocenters. The first-order valence-electron chi connectivity index (χ1n) is 8.61. The first-order valence-corrected chi connectivity index (χ1v) is 9.37. The van der Waals surface area contributed by atoms with E-state index >= 15 is 0 Å². The van der Waals surface area contributed by atoms with E-state index in [0.29, 0.717) is 6.20 Å². The number of hydrogen-bond acceptors (Lipinski definition) is 6. The molecule has 0 unspecified atom stereocenters. The summed E-state index contributed by atoms with van der Waals surface area (Å²) in [6.07, 6.45) is -3.07. The van der Waals surface area contributed by atoms with Crippen LogP contribution in [0.1, 0.15) is 23.6 Å². The SMILES string of the molecule is CCOC(=O)COC(=O)/C(Cl)=C/c1cc(-n2ncc(C(F)(F)F)c(C)c2=O)ccc1Cl. The van der Waals surface area contributed by atoms with E-state index in [1.165, 1.54) is 18.2 Å². The van der Waals surface area contributed by atoms with E-state index in [-0.39, 0.29) is 22.9 Å². The van der Waals surface area contributed by atoms with Gasteiger partial charge in [-0.1, -0.05) is 23.2 Å². The van der Waals surface area contributed by atoms with Crippen LogP contribution in [0.25, 0.3) is 11.8 Å². The number of halogens is 5. The van der Waals surface area contributed by atoms with Crippen molar-refractivity contribution in [2.75, 3.05) is 13.2 Å². The lowest BCUT2D eigenvalue weighted by molar-refractivity contribution is -0.155. The predicted octanol–water partition coefficient (Wildman–Crippen LogP) is 3.90. The predicted molar refractivity (Wildman–Crippen MR) is 106 cm³/mol. The number of ether oxygens (including phenoxy) is 2. The van der Waals surface area contributed by atoms with Crippen LogP contribution in [0.15, 0.2) is 34.2 Å². The van der Waals surface area contributed by atoms with Crippen LogP contribution < -0.4 is 5.56 Å². The van der Waals surface area contributed by atoms with Crippen LogP contribution in [0.2, 0.25) is 5.02 Å². The molecule has 0 aliphatic heterocycles. The maximum Gasteiger partial charge on any atom is 0.418 e. The van der Waals surface area contributed by atoms with Crippen molar-refractivity contribution in [3.8, 4) is 5.69 Å². The summed E-state index contributed by atoms with van der Waals surface area (Å²) in [6.45, 7) is 2.09. The minimum absolute atomic E-state index is 0.0850. The quantitative estimate of drug-likeness (QED) is 0.462. The number of hydrogen-bond donors (Lipinski definition) is 0. The Bertz CT molecular complexity index is 1100. The normalized spacial score (nSPS) is 11.9. The molecule has 31 heavy (non-hydrogen) atoms. The van der Waals surface area contributed by atoms with Crippen molar-refractivity contribution >= 4 is 41.2 Å². The molecule has 0 radical (unpaired) electrons. The van der Waals surface area contributed by atoms with E-state index in [1.54, 1.807) is 6.92 Å². The maximum atomic E-state index is 13.0. The van der Waals surface area contributed by atoms with Gasteiger partial charge in [0.25, 0.3) is 5.56 Å². The van der Waals surface area contributed by atoms with Gasteiger partial charge in [0.1, 0.15) is 5.03 Å². The largest absolute Gasteiger partial charge is 0.463 e. The lowest BCUT2D eigenvalue weighted by atomic mass is 10.1. The monoisotopic (exact) mass is 478 g/mol. The molecule has 2 aromatic rings. The van der Waals surface area contributed by atoms with E-state index < -0.39 is 46.4 Å². The molecule has 1 aromatic heterocycles. The topological polar surface area (TPSA) is 87.5 Å². The number of alkyl halides is 3. The summed E-state index contributed by atoms with van der Waals surface area (Å²) in [6, 6.07) is 4.00. The summed E-state index contributed by atoms with van der Waals surface area (Å²) in [5.41, 5.74) is -2.41. The first-order chi connectivity index (χ1) is 14.5. The summed E-state index contributed by atoms with van der Waals surface area (Å²) >= 11 is 12.0. The van der Waals surface area contributed by atoms with Crippen LogP contribution in [0.4, 0.5) is 13.2 Å². The van der Waals surface area contributed by atoms with Gasteiger partial charge in [0.05, 0.1) is 24.1 Å². The Balaban J connectivity index is 2.35. The summed E-state index contributed by atoms with van der Waals surface area (Å²) in [4.78, 5) is 35.5. The lowest BCUT2D eigenvalue weighted by Gasteiger charge is -2.12. The molecule has 0 aliphatic carbocycles. The third-order valence-corrected chi connectivity index (χ3v) is 4.46. The van der Waals surface area contributed by atoms with E-state index in [9.17, 15) is 27.6 Å². The second-order valence-electron chi connectivity index (χ2n) is 5.98. The van der Waals surface area contributed by atoms with Crippen molar-refractivity contribution in [2.45, 2.75) is 20.0 Å². The molecule has 0 N–H and O–H groups in total. The molecular weight excluding hydrogens is 464 g/mol. The molecule has 0 saturated heterocycles. The van der Waals surface area contributed by atoms with E-state index in [1.807, 2.05) is 0 Å². The third kappa shape index (κ3) is 6.08. The molecule has 1 heterocycles. The van der Waals surface area contributed by atoms with Crippen LogP contribution in [-0.2, 0) is 25.2 Å². The maximum absolute atomic E-state index is 13.0. The van der Waals surface area contributed by atoms with Crippen molar-refractivity contribution in [3.05, 3.63) is 61.5 Å². The van der Waals surface area contributed by atoms with Crippen LogP contribution in [0.5, 0.6) is 0 Å². The molecule has 0 spiro atoms. The zero-order valence-corrected chi connectivity index (χ0v) is 17.6. The highest BCUT2D eigenvalue weighted by atomic mass is 35.5. The molecule has 2 rings (SSSR count). The molecule has 0 amide bonds. The van der Waals surface area contributed by atoms with E-state index in [2.05, 4.69) is 9.84 Å². The third-order valence-electron chi connectivity index (χ3n) is 3.85. The molecule has 12 heteroatoms. The van der Waals surface area contributed by atoms with Gasteiger partial charge in [0, 0.05) is 10.6 Å². The van der Waals surface area contributed by atoms with E-state index in [4.69, 9.17) is 27.9 Å². The molecule has 166 valence electrons. The van der Waals surface area contributed by atoms with Crippen molar-refractivity contribution in [1.29, 1.82) is 0 Å². The Morgan fingerprint density at radius 3 is 2.55 bits per heavy atom. The van der Waals surface area contributed by atoms with Gasteiger partial charge in [-0.3, -0.25) is 4.79 Å². The molecule has 0 saturated carbocycles. The Kier molecular flexibility index (Phi) is 7.85. The number of esters is 2. The van der Waals surface area contributed by atoms with Crippen LogP contribution in [0.3, 0.4) is 0 Å². The fourth-order valence-electron chi connectivity index (χ4n) is 2.37. The summed E-state index contributed by atoms with van der Waals surface area (Å²) in [7, 11) is 0. The molecular formula is C19H15Cl2F3N2O5. The lowest BCUT2D eigenvalue weighted by Crippen LogP contribution is -2.27. The van der Waals surface area contributed by atoms with Gasteiger partial charge in [-0.25, -0.2) is 9.59 Å². The smallest absolute Gasteiger partial charge is 0.418 e. The number of aromatic nitrogens is 2. The summed E-state index contributed by atoms with van der Waals surface area (Å²) in [5.74, 6) is -1.79. The highest BCUT2D eigenvalue weighted by Gasteiger charge is 2.34. The van der Waals surface area contributed by atoms with Crippen molar-refractivity contribution in [2.24, 2.45) is 0 Å². The van der Waals surface area contributed by atoms with Gasteiger partial charge in [-0.2, -0.15) is 23.0 Å². The Morgan fingerprint density at radius 2 is 1.94 bits per heavy atom. The van der Waals surface area contributed by atoms with Crippen LogP contribution >= 0.6 is 23.2 Å². The zero-order chi connectivity index (χ0) is 23.3. The number of carbonyl (C=O) groups is 2.